The van der Waals surface area contributed by atoms with Crippen molar-refractivity contribution in [3.05, 3.63) is 58.6 Å². The summed E-state index contributed by atoms with van der Waals surface area (Å²) in [7, 11) is 0. The van der Waals surface area contributed by atoms with Crippen LogP contribution in [0, 0.1) is 0 Å². The van der Waals surface area contributed by atoms with Gasteiger partial charge < -0.3 is 10.0 Å². The van der Waals surface area contributed by atoms with Crippen molar-refractivity contribution in [3.63, 3.8) is 0 Å². The van der Waals surface area contributed by atoms with Crippen molar-refractivity contribution >= 4 is 64.3 Å². The number of anilines is 1. The van der Waals surface area contributed by atoms with Gasteiger partial charge in [0.15, 0.2) is 8.68 Å². The first-order valence-corrected chi connectivity index (χ1v) is 13.4. The molecule has 2 N–H and O–H groups in total. The maximum absolute atomic E-state index is 12.1. The third-order valence-corrected chi connectivity index (χ3v) is 8.17. The molecule has 0 aliphatic rings. The first kappa shape index (κ1) is 25.4. The molecule has 3 rings (SSSR count). The molecule has 1 heterocycles. The van der Waals surface area contributed by atoms with E-state index in [-0.39, 0.29) is 17.4 Å². The van der Waals surface area contributed by atoms with Crippen molar-refractivity contribution in [1.29, 1.82) is 0 Å². The van der Waals surface area contributed by atoms with Gasteiger partial charge in [-0.3, -0.25) is 4.79 Å². The lowest BCUT2D eigenvalue weighted by Crippen LogP contribution is -2.21. The average Bonchev–Trinajstić information content (AvgIpc) is 3.27. The highest BCUT2D eigenvalue weighted by Gasteiger charge is 2.10. The number of phenolic OH excluding ortho intramolecular Hbond substituents is 1. The number of amides is 1. The van der Waals surface area contributed by atoms with Gasteiger partial charge >= 0.3 is 0 Å². The molecule has 7 nitrogen and oxygen atoms in total. The standard InChI is InChI=1S/C22H24ClN5O2S3/c1-3-28(4-2)17-10-9-15(19(29)11-17)12-24-25-20(30)14-32-22-27-26-21(33-22)31-13-16-7-5-6-8-18(16)23/h5-12,29H,3-4,13-14H2,1-2H3,(H,25,30)/b24-12+. The Balaban J connectivity index is 1.44. The van der Waals surface area contributed by atoms with Crippen molar-refractivity contribution in [2.75, 3.05) is 23.7 Å². The van der Waals surface area contributed by atoms with Crippen LogP contribution in [0.15, 0.2) is 56.2 Å². The fourth-order valence-electron chi connectivity index (χ4n) is 2.83. The number of hydrazone groups is 1. The van der Waals surface area contributed by atoms with Gasteiger partial charge in [-0.25, -0.2) is 5.43 Å². The monoisotopic (exact) mass is 521 g/mol. The van der Waals surface area contributed by atoms with Crippen LogP contribution < -0.4 is 10.3 Å². The molecule has 0 radical (unpaired) electrons. The molecule has 0 atom stereocenters. The fourth-order valence-corrected chi connectivity index (χ4v) is 5.93. The average molecular weight is 522 g/mol. The molecule has 0 spiro atoms. The predicted molar refractivity (Wildman–Crippen MR) is 139 cm³/mol. The Morgan fingerprint density at radius 1 is 1.18 bits per heavy atom. The van der Waals surface area contributed by atoms with E-state index < -0.39 is 0 Å². The van der Waals surface area contributed by atoms with E-state index in [9.17, 15) is 9.90 Å². The maximum atomic E-state index is 12.1. The van der Waals surface area contributed by atoms with E-state index in [0.29, 0.717) is 15.7 Å². The Morgan fingerprint density at radius 3 is 2.61 bits per heavy atom. The quantitative estimate of drug-likeness (QED) is 0.201. The lowest BCUT2D eigenvalue weighted by atomic mass is 10.2. The molecule has 0 aliphatic carbocycles. The van der Waals surface area contributed by atoms with Gasteiger partial charge in [0.05, 0.1) is 12.0 Å². The SMILES string of the molecule is CCN(CC)c1ccc(/C=N/NC(=O)CSc2nnc(SCc3ccccc3Cl)s2)c(O)c1. The molecule has 1 aromatic heterocycles. The van der Waals surface area contributed by atoms with Crippen LogP contribution in [0.3, 0.4) is 0 Å². The molecule has 33 heavy (non-hydrogen) atoms. The zero-order chi connectivity index (χ0) is 23.6. The van der Waals surface area contributed by atoms with Crippen molar-refractivity contribution in [2.45, 2.75) is 28.3 Å². The minimum absolute atomic E-state index is 0.113. The Labute approximate surface area is 210 Å². The first-order valence-electron chi connectivity index (χ1n) is 10.2. The number of phenols is 1. The van der Waals surface area contributed by atoms with Crippen LogP contribution in [0.4, 0.5) is 5.69 Å². The molecule has 1 amide bonds. The van der Waals surface area contributed by atoms with Gasteiger partial charge in [0.1, 0.15) is 5.75 Å². The van der Waals surface area contributed by atoms with Crippen LogP contribution in [-0.2, 0) is 10.5 Å². The van der Waals surface area contributed by atoms with E-state index in [1.54, 1.807) is 23.9 Å². The summed E-state index contributed by atoms with van der Waals surface area (Å²) in [6, 6.07) is 13.1. The molecule has 2 aromatic carbocycles. The number of rotatable bonds is 11. The van der Waals surface area contributed by atoms with Crippen LogP contribution in [0.1, 0.15) is 25.0 Å². The van der Waals surface area contributed by atoms with Crippen LogP contribution in [0.2, 0.25) is 5.02 Å². The molecule has 11 heteroatoms. The number of halogens is 1. The molecule has 3 aromatic rings. The third kappa shape index (κ3) is 7.63. The summed E-state index contributed by atoms with van der Waals surface area (Å²) >= 11 is 10.5. The molecule has 0 aliphatic heterocycles. The van der Waals surface area contributed by atoms with Crippen molar-refractivity contribution in [2.24, 2.45) is 5.10 Å². The van der Waals surface area contributed by atoms with Crippen molar-refractivity contribution in [3.8, 4) is 5.75 Å². The van der Waals surface area contributed by atoms with E-state index >= 15 is 0 Å². The minimum atomic E-state index is -0.268. The zero-order valence-electron chi connectivity index (χ0n) is 18.2. The number of nitrogens with one attached hydrogen (secondary N) is 1. The van der Waals surface area contributed by atoms with E-state index in [0.717, 1.165) is 33.7 Å². The Hall–Kier alpha value is -2.27. The van der Waals surface area contributed by atoms with Crippen LogP contribution in [-0.4, -0.2) is 46.3 Å². The number of hydrogen-bond acceptors (Lipinski definition) is 9. The predicted octanol–water partition coefficient (Wildman–Crippen LogP) is 5.28. The molecule has 0 unspecified atom stereocenters. The summed E-state index contributed by atoms with van der Waals surface area (Å²) in [6.45, 7) is 5.83. The second-order valence-electron chi connectivity index (χ2n) is 6.71. The zero-order valence-corrected chi connectivity index (χ0v) is 21.4. The minimum Gasteiger partial charge on any atom is -0.507 e. The summed E-state index contributed by atoms with van der Waals surface area (Å²) in [5, 5.41) is 23.2. The summed E-state index contributed by atoms with van der Waals surface area (Å²) in [5.41, 5.74) is 4.99. The largest absolute Gasteiger partial charge is 0.507 e. The molecular formula is C22H24ClN5O2S3. The van der Waals surface area contributed by atoms with E-state index in [1.165, 1.54) is 29.3 Å². The summed E-state index contributed by atoms with van der Waals surface area (Å²) in [5.74, 6) is 0.712. The van der Waals surface area contributed by atoms with Crippen LogP contribution in [0.5, 0.6) is 5.75 Å². The van der Waals surface area contributed by atoms with E-state index in [1.807, 2.05) is 30.3 Å². The van der Waals surface area contributed by atoms with Gasteiger partial charge in [0.25, 0.3) is 5.91 Å². The molecule has 0 saturated heterocycles. The Morgan fingerprint density at radius 2 is 1.91 bits per heavy atom. The number of aromatic hydroxyl groups is 1. The Kier molecular flexibility index (Phi) is 9.86. The first-order chi connectivity index (χ1) is 16.0. The highest BCUT2D eigenvalue weighted by molar-refractivity contribution is 8.03. The van der Waals surface area contributed by atoms with Crippen molar-refractivity contribution in [1.82, 2.24) is 15.6 Å². The lowest BCUT2D eigenvalue weighted by Gasteiger charge is -2.21. The number of nitrogens with zero attached hydrogens (tertiary/aromatic N) is 4. The van der Waals surface area contributed by atoms with Crippen LogP contribution >= 0.6 is 46.5 Å². The fraction of sp³-hybridized carbons (Fsp3) is 0.273. The van der Waals surface area contributed by atoms with Gasteiger partial charge in [-0.1, -0.05) is 64.7 Å². The second-order valence-corrected chi connectivity index (χ2v) is 10.5. The highest BCUT2D eigenvalue weighted by atomic mass is 35.5. The number of thioether (sulfide) groups is 2. The second kappa shape index (κ2) is 12.8. The van der Waals surface area contributed by atoms with E-state index in [2.05, 4.69) is 39.5 Å². The van der Waals surface area contributed by atoms with E-state index in [4.69, 9.17) is 11.6 Å². The maximum Gasteiger partial charge on any atom is 0.250 e. The topological polar surface area (TPSA) is 90.7 Å². The van der Waals surface area contributed by atoms with Gasteiger partial charge in [0, 0.05) is 41.2 Å². The molecule has 0 fully saturated rings. The molecule has 0 saturated carbocycles. The van der Waals surface area contributed by atoms with Gasteiger partial charge in [0.2, 0.25) is 0 Å². The summed E-state index contributed by atoms with van der Waals surface area (Å²) in [6.07, 6.45) is 1.43. The van der Waals surface area contributed by atoms with Crippen LogP contribution in [0.25, 0.3) is 0 Å². The normalized spacial score (nSPS) is 11.1. The smallest absolute Gasteiger partial charge is 0.250 e. The van der Waals surface area contributed by atoms with Crippen molar-refractivity contribution < 1.29 is 9.90 Å². The molecule has 0 bridgehead atoms. The third-order valence-electron chi connectivity index (χ3n) is 4.56. The van der Waals surface area contributed by atoms with Gasteiger partial charge in [-0.05, 0) is 37.6 Å². The number of carbonyl (C=O) groups excluding carboxylic acids is 1. The molecule has 174 valence electrons. The number of carbonyl (C=O) groups is 1. The number of hydrogen-bond donors (Lipinski definition) is 2. The summed E-state index contributed by atoms with van der Waals surface area (Å²) in [4.78, 5) is 14.2. The highest BCUT2D eigenvalue weighted by Crippen LogP contribution is 2.32. The Bertz CT molecular complexity index is 1110. The molecular weight excluding hydrogens is 498 g/mol. The number of benzene rings is 2. The lowest BCUT2D eigenvalue weighted by molar-refractivity contribution is -0.118. The van der Waals surface area contributed by atoms with Gasteiger partial charge in [-0.15, -0.1) is 10.2 Å². The van der Waals surface area contributed by atoms with Gasteiger partial charge in [-0.2, -0.15) is 5.10 Å². The number of aromatic nitrogens is 2. The summed E-state index contributed by atoms with van der Waals surface area (Å²) < 4.78 is 1.53.